The minimum atomic E-state index is 0.650. The highest BCUT2D eigenvalue weighted by molar-refractivity contribution is 5.81. The van der Waals surface area contributed by atoms with Crippen LogP contribution in [0, 0.1) is 6.92 Å². The van der Waals surface area contributed by atoms with Crippen LogP contribution in [0.25, 0.3) is 28.2 Å². The zero-order valence-corrected chi connectivity index (χ0v) is 17.6. The molecule has 0 bridgehead atoms. The van der Waals surface area contributed by atoms with Crippen molar-refractivity contribution in [1.82, 2.24) is 35.2 Å². The summed E-state index contributed by atoms with van der Waals surface area (Å²) >= 11 is 0. The first kappa shape index (κ1) is 18.9. The van der Waals surface area contributed by atoms with Crippen molar-refractivity contribution in [3.05, 3.63) is 72.1 Å². The lowest BCUT2D eigenvalue weighted by molar-refractivity contribution is 0.877. The Balaban J connectivity index is 1.53. The molecular weight excluding hydrogens is 388 g/mol. The number of aryl methyl sites for hydroxylation is 2. The molecule has 0 aliphatic rings. The number of anilines is 2. The topological polar surface area (TPSA) is 87.9 Å². The molecule has 1 N–H and O–H groups in total. The van der Waals surface area contributed by atoms with Crippen molar-refractivity contribution in [3.8, 4) is 22.5 Å². The fourth-order valence-corrected chi connectivity index (χ4v) is 3.76. The molecule has 3 aromatic heterocycles. The molecule has 2 aromatic carbocycles. The van der Waals surface area contributed by atoms with Crippen LogP contribution in [0.1, 0.15) is 18.3 Å². The van der Waals surface area contributed by atoms with Crippen molar-refractivity contribution in [2.24, 2.45) is 0 Å². The van der Waals surface area contributed by atoms with E-state index < -0.39 is 0 Å². The smallest absolute Gasteiger partial charge is 0.180 e. The summed E-state index contributed by atoms with van der Waals surface area (Å²) < 4.78 is 1.90. The van der Waals surface area contributed by atoms with Gasteiger partial charge in [0.05, 0.1) is 5.69 Å². The van der Waals surface area contributed by atoms with E-state index in [0.717, 1.165) is 51.7 Å². The molecule has 0 unspecified atom stereocenters. The Morgan fingerprint density at radius 3 is 2.48 bits per heavy atom. The highest BCUT2D eigenvalue weighted by Crippen LogP contribution is 2.32. The molecule has 0 fully saturated rings. The van der Waals surface area contributed by atoms with Gasteiger partial charge in [-0.05, 0) is 47.0 Å². The number of hydrogen-bond acceptors (Lipinski definition) is 6. The van der Waals surface area contributed by atoms with Crippen molar-refractivity contribution in [1.29, 1.82) is 0 Å². The maximum absolute atomic E-state index is 4.69. The summed E-state index contributed by atoms with van der Waals surface area (Å²) in [7, 11) is 2.05. The lowest BCUT2D eigenvalue weighted by atomic mass is 9.99. The fourth-order valence-electron chi connectivity index (χ4n) is 3.76. The molecule has 31 heavy (non-hydrogen) atoms. The Hall–Kier alpha value is -4.07. The molecule has 5 rings (SSSR count). The van der Waals surface area contributed by atoms with Gasteiger partial charge in [0.2, 0.25) is 0 Å². The first-order valence-electron chi connectivity index (χ1n) is 10.2. The van der Waals surface area contributed by atoms with E-state index in [9.17, 15) is 0 Å². The molecule has 8 heteroatoms. The zero-order chi connectivity index (χ0) is 21.4. The van der Waals surface area contributed by atoms with Crippen LogP contribution in [-0.2, 0) is 6.42 Å². The molecule has 0 aliphatic carbocycles. The Labute approximate surface area is 179 Å². The van der Waals surface area contributed by atoms with Crippen LogP contribution in [-0.4, -0.2) is 42.3 Å². The molecule has 0 amide bonds. The number of tetrazole rings is 1. The summed E-state index contributed by atoms with van der Waals surface area (Å²) in [6.07, 6.45) is 0.869. The lowest BCUT2D eigenvalue weighted by Gasteiger charge is -2.21. The summed E-state index contributed by atoms with van der Waals surface area (Å²) in [5.41, 5.74) is 7.04. The number of nitrogens with zero attached hydrogens (tertiary/aromatic N) is 7. The van der Waals surface area contributed by atoms with Gasteiger partial charge in [0.15, 0.2) is 11.5 Å². The molecule has 0 aliphatic heterocycles. The van der Waals surface area contributed by atoms with E-state index in [1.165, 1.54) is 0 Å². The predicted octanol–water partition coefficient (Wildman–Crippen LogP) is 4.22. The van der Waals surface area contributed by atoms with Crippen LogP contribution in [0.15, 0.2) is 60.7 Å². The van der Waals surface area contributed by atoms with Crippen LogP contribution in [0.4, 0.5) is 11.5 Å². The van der Waals surface area contributed by atoms with Crippen molar-refractivity contribution in [2.75, 3.05) is 11.9 Å². The van der Waals surface area contributed by atoms with Crippen molar-refractivity contribution in [3.63, 3.8) is 0 Å². The Morgan fingerprint density at radius 1 is 1.00 bits per heavy atom. The second kappa shape index (κ2) is 7.64. The molecule has 8 nitrogen and oxygen atoms in total. The quantitative estimate of drug-likeness (QED) is 0.467. The van der Waals surface area contributed by atoms with Crippen molar-refractivity contribution in [2.45, 2.75) is 20.3 Å². The number of benzene rings is 2. The van der Waals surface area contributed by atoms with E-state index in [1.807, 2.05) is 42.8 Å². The minimum absolute atomic E-state index is 0.650. The third kappa shape index (κ3) is 3.42. The van der Waals surface area contributed by atoms with E-state index in [4.69, 9.17) is 4.98 Å². The first-order chi connectivity index (χ1) is 15.1. The number of fused-ring (bicyclic) bond motifs is 1. The van der Waals surface area contributed by atoms with Crippen LogP contribution in [0.3, 0.4) is 0 Å². The van der Waals surface area contributed by atoms with Gasteiger partial charge >= 0.3 is 0 Å². The average molecular weight is 410 g/mol. The Bertz CT molecular complexity index is 1340. The zero-order valence-electron chi connectivity index (χ0n) is 17.6. The normalized spacial score (nSPS) is 11.2. The van der Waals surface area contributed by atoms with Crippen LogP contribution >= 0.6 is 0 Å². The molecular formula is C23H22N8. The maximum Gasteiger partial charge on any atom is 0.180 e. The van der Waals surface area contributed by atoms with Crippen molar-refractivity contribution >= 4 is 17.2 Å². The highest BCUT2D eigenvalue weighted by atomic mass is 15.5. The summed E-state index contributed by atoms with van der Waals surface area (Å²) in [5.74, 6) is 1.63. The fraction of sp³-hybridized carbons (Fsp3) is 0.174. The summed E-state index contributed by atoms with van der Waals surface area (Å²) in [4.78, 5) is 6.83. The van der Waals surface area contributed by atoms with Gasteiger partial charge < -0.3 is 4.90 Å². The molecule has 0 saturated carbocycles. The molecule has 0 radical (unpaired) electrons. The van der Waals surface area contributed by atoms with Gasteiger partial charge in [0.25, 0.3) is 0 Å². The third-order valence-electron chi connectivity index (χ3n) is 5.38. The predicted molar refractivity (Wildman–Crippen MR) is 120 cm³/mol. The SMILES string of the molecule is CCc1cc(N(C)c2ccc(-c3ccccc3-c3nnn[nH]3)cc2)n2nc(C)cc2n1. The minimum Gasteiger partial charge on any atom is -0.329 e. The molecule has 5 aromatic rings. The van der Waals surface area contributed by atoms with Gasteiger partial charge in [-0.3, -0.25) is 0 Å². The second-order valence-electron chi connectivity index (χ2n) is 7.42. The Kier molecular flexibility index (Phi) is 4.66. The number of aromatic amines is 1. The maximum atomic E-state index is 4.69. The molecule has 3 heterocycles. The number of nitrogens with one attached hydrogen (secondary N) is 1. The Morgan fingerprint density at radius 2 is 1.77 bits per heavy atom. The number of H-pyrrole nitrogens is 1. The van der Waals surface area contributed by atoms with E-state index in [0.29, 0.717) is 5.82 Å². The van der Waals surface area contributed by atoms with Crippen LogP contribution in [0.2, 0.25) is 0 Å². The summed E-state index contributed by atoms with van der Waals surface area (Å²) in [6.45, 7) is 4.10. The monoisotopic (exact) mass is 410 g/mol. The van der Waals surface area contributed by atoms with Gasteiger partial charge in [-0.1, -0.05) is 43.3 Å². The van der Waals surface area contributed by atoms with Crippen LogP contribution in [0.5, 0.6) is 0 Å². The second-order valence-corrected chi connectivity index (χ2v) is 7.42. The van der Waals surface area contributed by atoms with E-state index in [2.05, 4.69) is 73.9 Å². The standard InChI is InChI=1S/C23H22N8/c1-4-17-14-22(31-21(24-17)13-15(2)27-31)30(3)18-11-9-16(10-12-18)19-7-5-6-8-20(19)23-25-28-29-26-23/h5-14H,4H2,1-3H3,(H,25,26,28,29). The van der Waals surface area contributed by atoms with Gasteiger partial charge in [-0.2, -0.15) is 9.61 Å². The molecule has 0 atom stereocenters. The highest BCUT2D eigenvalue weighted by Gasteiger charge is 2.14. The summed E-state index contributed by atoms with van der Waals surface area (Å²) in [6, 6.07) is 20.6. The number of rotatable bonds is 5. The number of aromatic nitrogens is 7. The molecule has 154 valence electrons. The van der Waals surface area contributed by atoms with E-state index in [-0.39, 0.29) is 0 Å². The van der Waals surface area contributed by atoms with Crippen LogP contribution < -0.4 is 4.90 Å². The van der Waals surface area contributed by atoms with E-state index in [1.54, 1.807) is 0 Å². The van der Waals surface area contributed by atoms with Gasteiger partial charge in [0.1, 0.15) is 5.82 Å². The number of hydrogen-bond donors (Lipinski definition) is 1. The van der Waals surface area contributed by atoms with Gasteiger partial charge in [-0.25, -0.2) is 10.1 Å². The largest absolute Gasteiger partial charge is 0.329 e. The van der Waals surface area contributed by atoms with E-state index >= 15 is 0 Å². The third-order valence-corrected chi connectivity index (χ3v) is 5.38. The summed E-state index contributed by atoms with van der Waals surface area (Å²) in [5, 5.41) is 19.0. The average Bonchev–Trinajstić information content (AvgIpc) is 3.47. The lowest BCUT2D eigenvalue weighted by Crippen LogP contribution is -2.15. The van der Waals surface area contributed by atoms with Gasteiger partial charge in [-0.15, -0.1) is 5.10 Å². The first-order valence-corrected chi connectivity index (χ1v) is 10.2. The van der Waals surface area contributed by atoms with Gasteiger partial charge in [0, 0.05) is 36.1 Å². The van der Waals surface area contributed by atoms with Crippen molar-refractivity contribution < 1.29 is 0 Å². The molecule has 0 spiro atoms. The molecule has 0 saturated heterocycles.